The predicted octanol–water partition coefficient (Wildman–Crippen LogP) is 1.47. The lowest BCUT2D eigenvalue weighted by Crippen LogP contribution is -2.11. The number of anilines is 1. The molecule has 17 heavy (non-hydrogen) atoms. The maximum absolute atomic E-state index is 11.6. The van der Waals surface area contributed by atoms with Gasteiger partial charge in [0, 0.05) is 18.9 Å². The maximum atomic E-state index is 11.6. The fraction of sp³-hybridized carbons (Fsp3) is 0.417. The van der Waals surface area contributed by atoms with E-state index in [4.69, 9.17) is 19.9 Å². The molecule has 0 atom stereocenters. The maximum Gasteiger partial charge on any atom is 0.341 e. The molecule has 0 heterocycles. The number of nitrogen functional groups attached to an aromatic ring is 1. The lowest BCUT2D eigenvalue weighted by atomic mass is 10.2. The molecule has 0 bridgehead atoms. The van der Waals surface area contributed by atoms with Gasteiger partial charge in [0.25, 0.3) is 0 Å². The third-order valence-corrected chi connectivity index (χ3v) is 2.05. The zero-order valence-electron chi connectivity index (χ0n) is 10.1. The van der Waals surface area contributed by atoms with Crippen LogP contribution in [-0.4, -0.2) is 32.9 Å². The Kier molecular flexibility index (Phi) is 5.29. The fourth-order valence-corrected chi connectivity index (χ4v) is 1.27. The Morgan fingerprint density at radius 3 is 2.76 bits per heavy atom. The van der Waals surface area contributed by atoms with Crippen LogP contribution in [0.4, 0.5) is 5.69 Å². The van der Waals surface area contributed by atoms with Crippen LogP contribution in [0.15, 0.2) is 18.2 Å². The first-order chi connectivity index (χ1) is 8.19. The Bertz CT molecular complexity index is 379. The summed E-state index contributed by atoms with van der Waals surface area (Å²) < 4.78 is 15.2. The molecule has 0 radical (unpaired) electrons. The summed E-state index contributed by atoms with van der Waals surface area (Å²) in [6, 6.07) is 4.83. The van der Waals surface area contributed by atoms with Crippen LogP contribution in [0.5, 0.6) is 5.75 Å². The van der Waals surface area contributed by atoms with Gasteiger partial charge in [-0.25, -0.2) is 4.79 Å². The summed E-state index contributed by atoms with van der Waals surface area (Å²) in [5, 5.41) is 0. The van der Waals surface area contributed by atoms with Gasteiger partial charge in [-0.1, -0.05) is 0 Å². The predicted molar refractivity (Wildman–Crippen MR) is 64.2 cm³/mol. The van der Waals surface area contributed by atoms with Crippen LogP contribution in [-0.2, 0) is 9.47 Å². The van der Waals surface area contributed by atoms with E-state index >= 15 is 0 Å². The van der Waals surface area contributed by atoms with Crippen LogP contribution >= 0.6 is 0 Å². The first-order valence-electron chi connectivity index (χ1n) is 5.37. The van der Waals surface area contributed by atoms with Crippen LogP contribution in [0.25, 0.3) is 0 Å². The molecule has 94 valence electrons. The molecule has 2 N–H and O–H groups in total. The lowest BCUT2D eigenvalue weighted by molar-refractivity contribution is 0.0520. The molecule has 0 unspecified atom stereocenters. The Morgan fingerprint density at radius 2 is 2.12 bits per heavy atom. The Labute approximate surface area is 100 Å². The van der Waals surface area contributed by atoms with Crippen molar-refractivity contribution in [2.45, 2.75) is 6.92 Å². The van der Waals surface area contributed by atoms with Gasteiger partial charge in [0.15, 0.2) is 0 Å². The molecule has 1 aromatic rings. The molecule has 0 spiro atoms. The molecular formula is C12H17NO4. The molecule has 0 aromatic heterocycles. The highest BCUT2D eigenvalue weighted by Gasteiger charge is 2.13. The number of ether oxygens (including phenoxy) is 3. The molecular weight excluding hydrogens is 222 g/mol. The Morgan fingerprint density at radius 1 is 1.35 bits per heavy atom. The van der Waals surface area contributed by atoms with Gasteiger partial charge in [-0.2, -0.15) is 0 Å². The van der Waals surface area contributed by atoms with Crippen LogP contribution in [0, 0.1) is 0 Å². The second-order valence-corrected chi connectivity index (χ2v) is 3.32. The topological polar surface area (TPSA) is 70.8 Å². The number of methoxy groups -OCH3 is 1. The van der Waals surface area contributed by atoms with Gasteiger partial charge in [-0.05, 0) is 19.1 Å². The number of hydrogen-bond acceptors (Lipinski definition) is 5. The molecule has 0 aliphatic rings. The fourth-order valence-electron chi connectivity index (χ4n) is 1.27. The summed E-state index contributed by atoms with van der Waals surface area (Å²) >= 11 is 0. The van der Waals surface area contributed by atoms with Crippen molar-refractivity contribution in [1.82, 2.24) is 0 Å². The number of nitrogens with two attached hydrogens (primary N) is 1. The third-order valence-electron chi connectivity index (χ3n) is 2.05. The first-order valence-corrected chi connectivity index (χ1v) is 5.37. The van der Waals surface area contributed by atoms with Crippen LogP contribution in [0.2, 0.25) is 0 Å². The van der Waals surface area contributed by atoms with Gasteiger partial charge in [0.2, 0.25) is 0 Å². The van der Waals surface area contributed by atoms with Gasteiger partial charge in [0.1, 0.15) is 17.9 Å². The summed E-state index contributed by atoms with van der Waals surface area (Å²) in [6.45, 7) is 2.87. The number of esters is 1. The van der Waals surface area contributed by atoms with Crippen molar-refractivity contribution in [3.8, 4) is 5.75 Å². The zero-order valence-corrected chi connectivity index (χ0v) is 10.1. The molecule has 0 aliphatic carbocycles. The Balaban J connectivity index is 2.83. The number of carbonyl (C=O) groups is 1. The van der Waals surface area contributed by atoms with Gasteiger partial charge in [-0.3, -0.25) is 0 Å². The van der Waals surface area contributed by atoms with Crippen LogP contribution in [0.3, 0.4) is 0 Å². The van der Waals surface area contributed by atoms with Crippen molar-refractivity contribution in [2.75, 3.05) is 32.7 Å². The minimum atomic E-state index is -0.417. The van der Waals surface area contributed by atoms with Crippen LogP contribution < -0.4 is 10.5 Å². The van der Waals surface area contributed by atoms with E-state index in [0.29, 0.717) is 36.8 Å². The van der Waals surface area contributed by atoms with Gasteiger partial charge < -0.3 is 19.9 Å². The summed E-state index contributed by atoms with van der Waals surface area (Å²) in [7, 11) is 1.58. The second kappa shape index (κ2) is 6.75. The molecule has 1 aromatic carbocycles. The van der Waals surface area contributed by atoms with Crippen LogP contribution in [0.1, 0.15) is 17.3 Å². The summed E-state index contributed by atoms with van der Waals surface area (Å²) in [5.74, 6) is 0.000386. The van der Waals surface area contributed by atoms with Gasteiger partial charge in [0.05, 0.1) is 13.2 Å². The van der Waals surface area contributed by atoms with E-state index in [-0.39, 0.29) is 0 Å². The zero-order chi connectivity index (χ0) is 12.7. The average Bonchev–Trinajstić information content (AvgIpc) is 2.30. The van der Waals surface area contributed by atoms with Crippen molar-refractivity contribution in [1.29, 1.82) is 0 Å². The van der Waals surface area contributed by atoms with E-state index in [1.165, 1.54) is 0 Å². The standard InChI is InChI=1S/C12H17NO4/c1-3-16-12(14)10-5-4-9(13)8-11(10)17-7-6-15-2/h4-5,8H,3,6-7,13H2,1-2H3. The third kappa shape index (κ3) is 3.96. The Hall–Kier alpha value is -1.75. The molecule has 0 fully saturated rings. The quantitative estimate of drug-likeness (QED) is 0.462. The van der Waals surface area contributed by atoms with E-state index < -0.39 is 5.97 Å². The number of benzene rings is 1. The minimum Gasteiger partial charge on any atom is -0.490 e. The SMILES string of the molecule is CCOC(=O)c1ccc(N)cc1OCCOC. The molecule has 5 nitrogen and oxygen atoms in total. The largest absolute Gasteiger partial charge is 0.490 e. The number of hydrogen-bond donors (Lipinski definition) is 1. The van der Waals surface area contributed by atoms with Crippen molar-refractivity contribution >= 4 is 11.7 Å². The average molecular weight is 239 g/mol. The summed E-state index contributed by atoms with van der Waals surface area (Å²) in [4.78, 5) is 11.6. The van der Waals surface area contributed by atoms with E-state index in [0.717, 1.165) is 0 Å². The van der Waals surface area contributed by atoms with Crippen molar-refractivity contribution < 1.29 is 19.0 Å². The molecule has 0 aliphatic heterocycles. The minimum absolute atomic E-state index is 0.320. The van der Waals surface area contributed by atoms with E-state index in [2.05, 4.69) is 0 Å². The van der Waals surface area contributed by atoms with E-state index in [1.54, 1.807) is 32.2 Å². The van der Waals surface area contributed by atoms with Crippen molar-refractivity contribution in [3.05, 3.63) is 23.8 Å². The molecule has 0 saturated carbocycles. The van der Waals surface area contributed by atoms with Crippen molar-refractivity contribution in [2.24, 2.45) is 0 Å². The highest BCUT2D eigenvalue weighted by atomic mass is 16.5. The molecule has 5 heteroatoms. The highest BCUT2D eigenvalue weighted by molar-refractivity contribution is 5.93. The van der Waals surface area contributed by atoms with Gasteiger partial charge in [-0.15, -0.1) is 0 Å². The smallest absolute Gasteiger partial charge is 0.341 e. The summed E-state index contributed by atoms with van der Waals surface area (Å²) in [5.41, 5.74) is 6.55. The molecule has 0 saturated heterocycles. The summed E-state index contributed by atoms with van der Waals surface area (Å²) in [6.07, 6.45) is 0. The molecule has 1 rings (SSSR count). The lowest BCUT2D eigenvalue weighted by Gasteiger charge is -2.11. The first kappa shape index (κ1) is 13.3. The van der Waals surface area contributed by atoms with Gasteiger partial charge >= 0.3 is 5.97 Å². The van der Waals surface area contributed by atoms with E-state index in [9.17, 15) is 4.79 Å². The van der Waals surface area contributed by atoms with E-state index in [1.807, 2.05) is 0 Å². The number of carbonyl (C=O) groups excluding carboxylic acids is 1. The number of rotatable bonds is 6. The monoisotopic (exact) mass is 239 g/mol. The highest BCUT2D eigenvalue weighted by Crippen LogP contribution is 2.22. The molecule has 0 amide bonds. The van der Waals surface area contributed by atoms with Crippen molar-refractivity contribution in [3.63, 3.8) is 0 Å². The normalized spacial score (nSPS) is 10.0. The second-order valence-electron chi connectivity index (χ2n) is 3.32.